The highest BCUT2D eigenvalue weighted by molar-refractivity contribution is 6.12. The van der Waals surface area contributed by atoms with Crippen LogP contribution in [0.25, 0.3) is 11.1 Å². The lowest BCUT2D eigenvalue weighted by atomic mass is 9.84. The van der Waals surface area contributed by atoms with Crippen LogP contribution in [-0.2, 0) is 36.1 Å². The third kappa shape index (κ3) is 5.84. The van der Waals surface area contributed by atoms with Crippen LogP contribution < -0.4 is 11.1 Å². The average molecular weight is 614 g/mol. The van der Waals surface area contributed by atoms with Crippen molar-refractivity contribution < 1.29 is 27.5 Å². The molecule has 6 nitrogen and oxygen atoms in total. The summed E-state index contributed by atoms with van der Waals surface area (Å²) in [5.41, 5.74) is 11.1. The van der Waals surface area contributed by atoms with E-state index in [1.807, 2.05) is 39.0 Å². The lowest BCUT2D eigenvalue weighted by Gasteiger charge is -2.26. The second-order valence-electron chi connectivity index (χ2n) is 12.6. The highest BCUT2D eigenvalue weighted by Crippen LogP contribution is 2.43. The Labute approximate surface area is 259 Å². The van der Waals surface area contributed by atoms with Crippen LogP contribution in [0.1, 0.15) is 87.7 Å². The zero-order valence-electron chi connectivity index (χ0n) is 25.3. The number of rotatable bonds is 9. The Balaban J connectivity index is 1.41. The molecule has 2 atom stereocenters. The third-order valence-corrected chi connectivity index (χ3v) is 8.62. The number of hydrogen-bond donors (Lipinski definition) is 2. The first kappa shape index (κ1) is 30.5. The van der Waals surface area contributed by atoms with Gasteiger partial charge in [-0.1, -0.05) is 50.2 Å². The zero-order chi connectivity index (χ0) is 32.0. The molecule has 0 saturated heterocycles. The fraction of sp³-hybridized carbons (Fsp3) is 0.306. The number of nitrogens with one attached hydrogen (secondary N) is 1. The van der Waals surface area contributed by atoms with Crippen molar-refractivity contribution in [1.29, 1.82) is 0 Å². The fourth-order valence-electron chi connectivity index (χ4n) is 6.59. The van der Waals surface area contributed by atoms with E-state index in [1.165, 1.54) is 18.2 Å². The maximum Gasteiger partial charge on any atom is 0.254 e. The number of pyridine rings is 1. The molecule has 6 rings (SSSR count). The van der Waals surface area contributed by atoms with E-state index in [1.54, 1.807) is 12.1 Å². The number of carbonyl (C=O) groups excluding carboxylic acids is 2. The van der Waals surface area contributed by atoms with Gasteiger partial charge in [0.05, 0.1) is 40.8 Å². The maximum absolute atomic E-state index is 13.7. The molecule has 2 amide bonds. The van der Waals surface area contributed by atoms with Gasteiger partial charge in [0.1, 0.15) is 5.82 Å². The van der Waals surface area contributed by atoms with Gasteiger partial charge in [-0.3, -0.25) is 14.6 Å². The first-order valence-electron chi connectivity index (χ1n) is 15.1. The van der Waals surface area contributed by atoms with Crippen molar-refractivity contribution in [3.63, 3.8) is 0 Å². The average Bonchev–Trinajstić information content (AvgIpc) is 3.50. The quantitative estimate of drug-likeness (QED) is 0.216. The zero-order valence-corrected chi connectivity index (χ0v) is 25.3. The van der Waals surface area contributed by atoms with Crippen molar-refractivity contribution in [3.05, 3.63) is 123 Å². The standard InChI is InChI=1S/C36H34F3N3O3/c1-19(2)14-28-31(34(40)43)30(32-33(41-28)36(3,42-35(32)44)17-20-4-9-24(37)10-5-20)23-7-11-25-22(16-23)8-13-29(25)45-18-21-6-12-26(38)27(39)15-21/h4-7,9-12,15-16,19,29H,8,13-14,17-18H2,1-3H3,(H2,40,43)(H,42,44)/t29-,36-/m1/s1. The molecule has 0 unspecified atom stereocenters. The number of benzene rings is 3. The Morgan fingerprint density at radius 1 is 1.02 bits per heavy atom. The number of aryl methyl sites for hydroxylation is 1. The predicted octanol–water partition coefficient (Wildman–Crippen LogP) is 6.87. The number of nitrogens with zero attached hydrogens (tertiary/aromatic N) is 1. The highest BCUT2D eigenvalue weighted by atomic mass is 19.2. The van der Waals surface area contributed by atoms with Crippen molar-refractivity contribution in [3.8, 4) is 11.1 Å². The van der Waals surface area contributed by atoms with Gasteiger partial charge in [-0.05, 0) is 84.2 Å². The number of hydrogen-bond acceptors (Lipinski definition) is 4. The number of nitrogens with two attached hydrogens (primary N) is 1. The Hall–Kier alpha value is -4.50. The van der Waals surface area contributed by atoms with Gasteiger partial charge in [0, 0.05) is 12.0 Å². The minimum atomic E-state index is -0.919. The van der Waals surface area contributed by atoms with Gasteiger partial charge in [-0.25, -0.2) is 13.2 Å². The first-order chi connectivity index (χ1) is 21.4. The van der Waals surface area contributed by atoms with E-state index in [0.29, 0.717) is 59.3 Å². The van der Waals surface area contributed by atoms with E-state index < -0.39 is 23.1 Å². The molecule has 0 saturated carbocycles. The summed E-state index contributed by atoms with van der Waals surface area (Å²) in [6, 6.07) is 15.6. The second-order valence-corrected chi connectivity index (χ2v) is 12.6. The molecule has 1 aliphatic carbocycles. The number of ether oxygens (including phenoxy) is 1. The van der Waals surface area contributed by atoms with Crippen LogP contribution in [0.4, 0.5) is 13.2 Å². The van der Waals surface area contributed by atoms with Crippen LogP contribution in [0.3, 0.4) is 0 Å². The molecular formula is C36H34F3N3O3. The highest BCUT2D eigenvalue weighted by Gasteiger charge is 2.44. The van der Waals surface area contributed by atoms with Crippen LogP contribution in [-0.4, -0.2) is 16.8 Å². The van der Waals surface area contributed by atoms with E-state index in [4.69, 9.17) is 15.5 Å². The van der Waals surface area contributed by atoms with Gasteiger partial charge in [0.15, 0.2) is 11.6 Å². The van der Waals surface area contributed by atoms with Crippen molar-refractivity contribution in [2.75, 3.05) is 0 Å². The molecule has 9 heteroatoms. The van der Waals surface area contributed by atoms with Gasteiger partial charge in [-0.15, -0.1) is 0 Å². The monoisotopic (exact) mass is 613 g/mol. The molecule has 1 aromatic heterocycles. The van der Waals surface area contributed by atoms with Crippen molar-refractivity contribution in [2.24, 2.45) is 11.7 Å². The summed E-state index contributed by atoms with van der Waals surface area (Å²) < 4.78 is 46.8. The molecule has 0 bridgehead atoms. The number of primary amides is 1. The first-order valence-corrected chi connectivity index (χ1v) is 15.1. The van der Waals surface area contributed by atoms with Crippen LogP contribution >= 0.6 is 0 Å². The molecule has 45 heavy (non-hydrogen) atoms. The van der Waals surface area contributed by atoms with Crippen molar-refractivity contribution >= 4 is 11.8 Å². The summed E-state index contributed by atoms with van der Waals surface area (Å²) in [4.78, 5) is 31.8. The van der Waals surface area contributed by atoms with Gasteiger partial charge in [-0.2, -0.15) is 0 Å². The van der Waals surface area contributed by atoms with E-state index in [-0.39, 0.29) is 35.9 Å². The normalized spacial score (nSPS) is 18.6. The Kier molecular flexibility index (Phi) is 7.99. The number of aromatic nitrogens is 1. The topological polar surface area (TPSA) is 94.3 Å². The van der Waals surface area contributed by atoms with Crippen molar-refractivity contribution in [2.45, 2.75) is 64.7 Å². The van der Waals surface area contributed by atoms with E-state index in [9.17, 15) is 22.8 Å². The Morgan fingerprint density at radius 3 is 2.44 bits per heavy atom. The minimum absolute atomic E-state index is 0.123. The summed E-state index contributed by atoms with van der Waals surface area (Å²) in [6.45, 7) is 6.06. The molecule has 0 spiro atoms. The summed E-state index contributed by atoms with van der Waals surface area (Å²) >= 11 is 0. The molecule has 2 aliphatic rings. The van der Waals surface area contributed by atoms with Gasteiger partial charge < -0.3 is 15.8 Å². The van der Waals surface area contributed by atoms with Crippen LogP contribution in [0.2, 0.25) is 0 Å². The summed E-state index contributed by atoms with van der Waals surface area (Å²) in [5.74, 6) is -3.04. The molecule has 2 heterocycles. The summed E-state index contributed by atoms with van der Waals surface area (Å²) in [7, 11) is 0. The largest absolute Gasteiger partial charge is 0.369 e. The Morgan fingerprint density at radius 2 is 1.76 bits per heavy atom. The number of amides is 2. The molecule has 0 fully saturated rings. The Bertz CT molecular complexity index is 1820. The minimum Gasteiger partial charge on any atom is -0.369 e. The van der Waals surface area contributed by atoms with Crippen LogP contribution in [0.15, 0.2) is 60.7 Å². The third-order valence-electron chi connectivity index (χ3n) is 8.62. The molecule has 3 N–H and O–H groups in total. The van der Waals surface area contributed by atoms with Crippen LogP contribution in [0.5, 0.6) is 0 Å². The maximum atomic E-state index is 13.7. The number of halogens is 3. The number of carbonyl (C=O) groups is 2. The lowest BCUT2D eigenvalue weighted by molar-refractivity contribution is 0.0409. The van der Waals surface area contributed by atoms with E-state index in [2.05, 4.69) is 5.32 Å². The summed E-state index contributed by atoms with van der Waals surface area (Å²) in [5, 5.41) is 3.10. The second kappa shape index (κ2) is 11.8. The number of fused-ring (bicyclic) bond motifs is 2. The fourth-order valence-corrected chi connectivity index (χ4v) is 6.59. The molecule has 4 aromatic rings. The SMILES string of the molecule is CC(C)Cc1nc2c(c(-c3ccc4c(c3)CC[C@H]4OCc3ccc(F)c(F)c3)c1C(N)=O)C(=O)N[C@]2(C)Cc1ccc(F)cc1. The van der Waals surface area contributed by atoms with E-state index in [0.717, 1.165) is 28.8 Å². The van der Waals surface area contributed by atoms with Gasteiger partial charge in [0.2, 0.25) is 0 Å². The predicted molar refractivity (Wildman–Crippen MR) is 164 cm³/mol. The molecule has 232 valence electrons. The van der Waals surface area contributed by atoms with Gasteiger partial charge >= 0.3 is 0 Å². The molecule has 0 radical (unpaired) electrons. The van der Waals surface area contributed by atoms with Crippen LogP contribution in [0, 0.1) is 23.4 Å². The van der Waals surface area contributed by atoms with Crippen molar-refractivity contribution in [1.82, 2.24) is 10.3 Å². The molecular weight excluding hydrogens is 579 g/mol. The lowest BCUT2D eigenvalue weighted by Crippen LogP contribution is -2.39. The summed E-state index contributed by atoms with van der Waals surface area (Å²) in [6.07, 6.45) is 1.98. The molecule has 3 aromatic carbocycles. The van der Waals surface area contributed by atoms with Gasteiger partial charge in [0.25, 0.3) is 11.8 Å². The molecule has 1 aliphatic heterocycles. The smallest absolute Gasteiger partial charge is 0.254 e. The van der Waals surface area contributed by atoms with E-state index >= 15 is 0 Å².